The second kappa shape index (κ2) is 6.61. The molecule has 0 bridgehead atoms. The van der Waals surface area contributed by atoms with Crippen molar-refractivity contribution in [2.75, 3.05) is 13.7 Å². The lowest BCUT2D eigenvalue weighted by Gasteiger charge is -2.15. The summed E-state index contributed by atoms with van der Waals surface area (Å²) < 4.78 is 5.04. The van der Waals surface area contributed by atoms with Gasteiger partial charge in [-0.05, 0) is 24.1 Å². The van der Waals surface area contributed by atoms with Crippen molar-refractivity contribution < 1.29 is 14.6 Å². The van der Waals surface area contributed by atoms with Crippen LogP contribution >= 0.6 is 11.6 Å². The van der Waals surface area contributed by atoms with Crippen LogP contribution in [0.1, 0.15) is 24.2 Å². The molecule has 0 aliphatic carbocycles. The number of rotatable bonds is 5. The number of carbonyl (C=O) groups excluding carboxylic acids is 1. The Labute approximate surface area is 112 Å². The van der Waals surface area contributed by atoms with Gasteiger partial charge in [-0.25, -0.2) is 0 Å². The largest absolute Gasteiger partial charge is 0.495 e. The Morgan fingerprint density at radius 1 is 1.50 bits per heavy atom. The molecular weight excluding hydrogens is 254 g/mol. The number of nitrogens with one attached hydrogen (secondary N) is 1. The predicted molar refractivity (Wildman–Crippen MR) is 71.2 cm³/mol. The first-order valence-corrected chi connectivity index (χ1v) is 6.13. The highest BCUT2D eigenvalue weighted by Gasteiger charge is 2.13. The highest BCUT2D eigenvalue weighted by molar-refractivity contribution is 6.32. The Bertz CT molecular complexity index is 421. The number of aliphatic hydroxyl groups excluding tert-OH is 1. The molecule has 100 valence electrons. The lowest BCUT2D eigenvalue weighted by molar-refractivity contribution is 0.0871. The molecule has 0 saturated heterocycles. The van der Waals surface area contributed by atoms with Crippen molar-refractivity contribution in [2.24, 2.45) is 5.92 Å². The minimum atomic E-state index is -0.553. The van der Waals surface area contributed by atoms with E-state index in [0.717, 1.165) is 0 Å². The summed E-state index contributed by atoms with van der Waals surface area (Å²) in [4.78, 5) is 11.8. The highest BCUT2D eigenvalue weighted by Crippen LogP contribution is 2.24. The van der Waals surface area contributed by atoms with E-state index in [0.29, 0.717) is 16.3 Å². The minimum Gasteiger partial charge on any atom is -0.495 e. The zero-order valence-corrected chi connectivity index (χ0v) is 11.5. The summed E-state index contributed by atoms with van der Waals surface area (Å²) in [6, 6.07) is 4.79. The third kappa shape index (κ3) is 3.89. The van der Waals surface area contributed by atoms with E-state index >= 15 is 0 Å². The Morgan fingerprint density at radius 2 is 2.17 bits per heavy atom. The summed E-state index contributed by atoms with van der Waals surface area (Å²) in [5.41, 5.74) is 0.451. The van der Waals surface area contributed by atoms with Gasteiger partial charge in [0.15, 0.2) is 0 Å². The van der Waals surface area contributed by atoms with Gasteiger partial charge in [-0.2, -0.15) is 0 Å². The summed E-state index contributed by atoms with van der Waals surface area (Å²) in [5.74, 6) is 0.295. The molecule has 5 heteroatoms. The van der Waals surface area contributed by atoms with Crippen molar-refractivity contribution in [1.82, 2.24) is 5.32 Å². The van der Waals surface area contributed by atoms with Gasteiger partial charge in [0.2, 0.25) is 0 Å². The molecule has 4 nitrogen and oxygen atoms in total. The van der Waals surface area contributed by atoms with Gasteiger partial charge in [-0.3, -0.25) is 4.79 Å². The number of amides is 1. The van der Waals surface area contributed by atoms with Crippen molar-refractivity contribution in [3.63, 3.8) is 0 Å². The maximum absolute atomic E-state index is 11.8. The maximum atomic E-state index is 11.8. The highest BCUT2D eigenvalue weighted by atomic mass is 35.5. The van der Waals surface area contributed by atoms with Crippen molar-refractivity contribution in [1.29, 1.82) is 0 Å². The molecule has 0 aromatic heterocycles. The molecule has 0 saturated carbocycles. The number of ether oxygens (including phenoxy) is 1. The van der Waals surface area contributed by atoms with Crippen LogP contribution in [0.3, 0.4) is 0 Å². The van der Waals surface area contributed by atoms with Crippen LogP contribution in [-0.2, 0) is 0 Å². The molecule has 0 aliphatic heterocycles. The Kier molecular flexibility index (Phi) is 5.44. The zero-order chi connectivity index (χ0) is 13.7. The lowest BCUT2D eigenvalue weighted by atomic mass is 10.1. The van der Waals surface area contributed by atoms with Gasteiger partial charge in [-0.1, -0.05) is 25.4 Å². The summed E-state index contributed by atoms with van der Waals surface area (Å²) >= 11 is 5.87. The van der Waals surface area contributed by atoms with Crippen molar-refractivity contribution in [2.45, 2.75) is 20.0 Å². The second-order valence-corrected chi connectivity index (χ2v) is 4.78. The van der Waals surface area contributed by atoms with Gasteiger partial charge in [0.25, 0.3) is 5.91 Å². The second-order valence-electron chi connectivity index (χ2n) is 4.37. The van der Waals surface area contributed by atoms with E-state index in [9.17, 15) is 9.90 Å². The number of aliphatic hydroxyl groups is 1. The van der Waals surface area contributed by atoms with E-state index in [1.165, 1.54) is 7.11 Å². The van der Waals surface area contributed by atoms with Gasteiger partial charge >= 0.3 is 0 Å². The quantitative estimate of drug-likeness (QED) is 0.862. The number of hydrogen-bond donors (Lipinski definition) is 2. The summed E-state index contributed by atoms with van der Waals surface area (Å²) in [5, 5.41) is 12.7. The molecule has 1 atom stereocenters. The fraction of sp³-hybridized carbons (Fsp3) is 0.462. The van der Waals surface area contributed by atoms with Crippen molar-refractivity contribution in [3.8, 4) is 5.75 Å². The Hall–Kier alpha value is -1.26. The number of benzene rings is 1. The van der Waals surface area contributed by atoms with Crippen molar-refractivity contribution >= 4 is 17.5 Å². The first-order valence-electron chi connectivity index (χ1n) is 5.75. The average Bonchev–Trinajstić information content (AvgIpc) is 2.35. The van der Waals surface area contributed by atoms with Crippen LogP contribution in [0.25, 0.3) is 0 Å². The molecule has 1 aromatic carbocycles. The molecule has 0 spiro atoms. The third-order valence-electron chi connectivity index (χ3n) is 2.65. The van der Waals surface area contributed by atoms with Crippen LogP contribution in [-0.4, -0.2) is 30.8 Å². The molecule has 18 heavy (non-hydrogen) atoms. The standard InChI is InChI=1S/C13H18ClNO3/c1-8(2)11(16)7-15-13(17)9-4-5-10(14)12(6-9)18-3/h4-6,8,11,16H,7H2,1-3H3,(H,15,17). The molecule has 0 fully saturated rings. The van der Waals surface area contributed by atoms with E-state index in [1.54, 1.807) is 18.2 Å². The molecule has 0 radical (unpaired) electrons. The van der Waals surface area contributed by atoms with E-state index < -0.39 is 6.10 Å². The average molecular weight is 272 g/mol. The van der Waals surface area contributed by atoms with E-state index in [2.05, 4.69) is 5.32 Å². The predicted octanol–water partition coefficient (Wildman–Crippen LogP) is 2.10. The number of halogens is 1. The third-order valence-corrected chi connectivity index (χ3v) is 2.97. The van der Waals surface area contributed by atoms with Crippen molar-refractivity contribution in [3.05, 3.63) is 28.8 Å². The molecule has 1 rings (SSSR count). The SMILES string of the molecule is COc1cc(C(=O)NCC(O)C(C)C)ccc1Cl. The zero-order valence-electron chi connectivity index (χ0n) is 10.7. The van der Waals surface area contributed by atoms with Crippen LogP contribution in [0.5, 0.6) is 5.75 Å². The summed E-state index contributed by atoms with van der Waals surface area (Å²) in [6.45, 7) is 4.01. The number of carbonyl (C=O) groups is 1. The monoisotopic (exact) mass is 271 g/mol. The van der Waals surface area contributed by atoms with Gasteiger partial charge in [0.1, 0.15) is 5.75 Å². The van der Waals surface area contributed by atoms with E-state index in [4.69, 9.17) is 16.3 Å². The molecule has 1 amide bonds. The molecule has 1 aromatic rings. The van der Waals surface area contributed by atoms with Gasteiger partial charge < -0.3 is 15.2 Å². The molecule has 0 heterocycles. The fourth-order valence-corrected chi connectivity index (χ4v) is 1.53. The Morgan fingerprint density at radius 3 is 2.72 bits per heavy atom. The van der Waals surface area contributed by atoms with E-state index in [1.807, 2.05) is 13.8 Å². The number of methoxy groups -OCH3 is 1. The molecule has 1 unspecified atom stereocenters. The Balaban J connectivity index is 2.67. The van der Waals surface area contributed by atoms with Gasteiger partial charge in [0.05, 0.1) is 18.2 Å². The summed E-state index contributed by atoms with van der Waals surface area (Å²) in [7, 11) is 1.49. The summed E-state index contributed by atoms with van der Waals surface area (Å²) in [6.07, 6.45) is -0.553. The topological polar surface area (TPSA) is 58.6 Å². The fourth-order valence-electron chi connectivity index (χ4n) is 1.34. The van der Waals surface area contributed by atoms with Crippen LogP contribution in [0, 0.1) is 5.92 Å². The lowest BCUT2D eigenvalue weighted by Crippen LogP contribution is -2.34. The van der Waals surface area contributed by atoms with Crippen LogP contribution < -0.4 is 10.1 Å². The molecule has 0 aliphatic rings. The first-order chi connectivity index (χ1) is 8.45. The van der Waals surface area contributed by atoms with Gasteiger partial charge in [0, 0.05) is 12.1 Å². The smallest absolute Gasteiger partial charge is 0.251 e. The van der Waals surface area contributed by atoms with Gasteiger partial charge in [-0.15, -0.1) is 0 Å². The molecular formula is C13H18ClNO3. The van der Waals surface area contributed by atoms with Crippen LogP contribution in [0.2, 0.25) is 5.02 Å². The van der Waals surface area contributed by atoms with Crippen LogP contribution in [0.4, 0.5) is 0 Å². The molecule has 2 N–H and O–H groups in total. The van der Waals surface area contributed by atoms with Crippen LogP contribution in [0.15, 0.2) is 18.2 Å². The van der Waals surface area contributed by atoms with E-state index in [-0.39, 0.29) is 18.4 Å². The normalized spacial score (nSPS) is 12.3. The maximum Gasteiger partial charge on any atom is 0.251 e. The first kappa shape index (κ1) is 14.8. The number of hydrogen-bond acceptors (Lipinski definition) is 3. The minimum absolute atomic E-state index is 0.102.